The maximum Gasteiger partial charge on any atom is 0.274 e. The number of nitro groups is 1. The number of nitro benzene ring substituents is 1. The second-order valence-corrected chi connectivity index (χ2v) is 3.73. The molecule has 0 aliphatic rings. The summed E-state index contributed by atoms with van der Waals surface area (Å²) in [7, 11) is 3.26. The molecule has 0 fully saturated rings. The molecule has 0 bridgehead atoms. The first-order valence-corrected chi connectivity index (χ1v) is 5.84. The molecule has 0 radical (unpaired) electrons. The van der Waals surface area contributed by atoms with Crippen LogP contribution in [0.2, 0.25) is 0 Å². The van der Waals surface area contributed by atoms with Crippen LogP contribution in [-0.4, -0.2) is 38.2 Å². The molecule has 7 heteroatoms. The van der Waals surface area contributed by atoms with Gasteiger partial charge < -0.3 is 15.4 Å². The molecule has 0 atom stereocenters. The summed E-state index contributed by atoms with van der Waals surface area (Å²) in [5, 5.41) is 16.9. The van der Waals surface area contributed by atoms with Crippen molar-refractivity contribution in [1.29, 1.82) is 0 Å². The Morgan fingerprint density at radius 1 is 1.42 bits per heavy atom. The lowest BCUT2D eigenvalue weighted by Gasteiger charge is -2.11. The predicted molar refractivity (Wildman–Crippen MR) is 73.2 cm³/mol. The lowest BCUT2D eigenvalue weighted by Crippen LogP contribution is -2.38. The summed E-state index contributed by atoms with van der Waals surface area (Å²) in [6.07, 6.45) is 0. The topological polar surface area (TPSA) is 88.8 Å². The van der Waals surface area contributed by atoms with Crippen LogP contribution < -0.4 is 10.6 Å². The van der Waals surface area contributed by atoms with Crippen LogP contribution in [0.3, 0.4) is 0 Å². The normalized spacial score (nSPS) is 11.2. The van der Waals surface area contributed by atoms with E-state index >= 15 is 0 Å². The molecule has 0 heterocycles. The predicted octanol–water partition coefficient (Wildman–Crippen LogP) is 0.906. The van der Waals surface area contributed by atoms with Crippen molar-refractivity contribution in [1.82, 2.24) is 10.6 Å². The Hall–Kier alpha value is -2.15. The Labute approximate surface area is 111 Å². The molecule has 1 rings (SSSR count). The molecule has 2 N–H and O–H groups in total. The molecule has 0 aromatic heterocycles. The quantitative estimate of drug-likeness (QED) is 0.262. The number of nitrogens with zero attached hydrogens (tertiary/aromatic N) is 2. The second kappa shape index (κ2) is 8.04. The molecule has 0 aliphatic heterocycles. The van der Waals surface area contributed by atoms with E-state index in [2.05, 4.69) is 15.6 Å². The van der Waals surface area contributed by atoms with Gasteiger partial charge in [-0.05, 0) is 0 Å². The van der Waals surface area contributed by atoms with Gasteiger partial charge in [-0.2, -0.15) is 0 Å². The molecule has 104 valence electrons. The third-order valence-corrected chi connectivity index (χ3v) is 2.46. The molecule has 0 spiro atoms. The Morgan fingerprint density at radius 3 is 2.79 bits per heavy atom. The molecule has 0 unspecified atom stereocenters. The second-order valence-electron chi connectivity index (χ2n) is 3.73. The summed E-state index contributed by atoms with van der Waals surface area (Å²) >= 11 is 0. The summed E-state index contributed by atoms with van der Waals surface area (Å²) in [5.74, 6) is 0.579. The molecule has 0 saturated carbocycles. The van der Waals surface area contributed by atoms with Gasteiger partial charge in [-0.25, -0.2) is 0 Å². The van der Waals surface area contributed by atoms with Gasteiger partial charge in [0.15, 0.2) is 5.96 Å². The largest absolute Gasteiger partial charge is 0.383 e. The number of hydrogen-bond acceptors (Lipinski definition) is 4. The Morgan fingerprint density at radius 2 is 2.16 bits per heavy atom. The standard InChI is InChI=1S/C12H18N4O3/c1-13-12(14-7-8-19-2)15-9-10-5-3-4-6-11(10)16(17)18/h3-6H,7-9H2,1-2H3,(H2,13,14,15). The lowest BCUT2D eigenvalue weighted by molar-refractivity contribution is -0.385. The van der Waals surface area contributed by atoms with Gasteiger partial charge in [0.2, 0.25) is 0 Å². The van der Waals surface area contributed by atoms with Crippen molar-refractivity contribution in [2.75, 3.05) is 27.3 Å². The van der Waals surface area contributed by atoms with Crippen LogP contribution in [0.15, 0.2) is 29.3 Å². The summed E-state index contributed by atoms with van der Waals surface area (Å²) in [5.41, 5.74) is 0.713. The number of aliphatic imine (C=N–C) groups is 1. The highest BCUT2D eigenvalue weighted by Gasteiger charge is 2.12. The number of guanidine groups is 1. The van der Waals surface area contributed by atoms with E-state index in [4.69, 9.17) is 4.74 Å². The molecule has 1 aromatic carbocycles. The Balaban J connectivity index is 2.58. The highest BCUT2D eigenvalue weighted by molar-refractivity contribution is 5.79. The zero-order valence-corrected chi connectivity index (χ0v) is 11.0. The van der Waals surface area contributed by atoms with Crippen molar-refractivity contribution < 1.29 is 9.66 Å². The summed E-state index contributed by atoms with van der Waals surface area (Å²) in [4.78, 5) is 14.5. The molecule has 0 aliphatic carbocycles. The van der Waals surface area contributed by atoms with E-state index < -0.39 is 4.92 Å². The highest BCUT2D eigenvalue weighted by atomic mass is 16.6. The van der Waals surface area contributed by atoms with E-state index in [1.165, 1.54) is 6.07 Å². The fourth-order valence-corrected chi connectivity index (χ4v) is 1.51. The maximum atomic E-state index is 10.9. The first-order chi connectivity index (χ1) is 9.19. The van der Waals surface area contributed by atoms with E-state index in [9.17, 15) is 10.1 Å². The van der Waals surface area contributed by atoms with Crippen LogP contribution in [0.25, 0.3) is 0 Å². The lowest BCUT2D eigenvalue weighted by atomic mass is 10.2. The number of hydrogen-bond donors (Lipinski definition) is 2. The number of rotatable bonds is 6. The average Bonchev–Trinajstić information content (AvgIpc) is 2.43. The summed E-state index contributed by atoms with van der Waals surface area (Å²) in [6, 6.07) is 6.62. The van der Waals surface area contributed by atoms with Crippen molar-refractivity contribution >= 4 is 11.6 Å². The smallest absolute Gasteiger partial charge is 0.274 e. The Kier molecular flexibility index (Phi) is 6.31. The van der Waals surface area contributed by atoms with Crippen molar-refractivity contribution in [2.45, 2.75) is 6.54 Å². The van der Waals surface area contributed by atoms with Crippen molar-refractivity contribution in [2.24, 2.45) is 4.99 Å². The molecule has 7 nitrogen and oxygen atoms in total. The number of benzene rings is 1. The van der Waals surface area contributed by atoms with E-state index in [1.807, 2.05) is 0 Å². The minimum absolute atomic E-state index is 0.0994. The van der Waals surface area contributed by atoms with Crippen LogP contribution in [0.5, 0.6) is 0 Å². The number of nitrogens with one attached hydrogen (secondary N) is 2. The molecule has 0 amide bonds. The number of methoxy groups -OCH3 is 1. The van der Waals surface area contributed by atoms with Gasteiger partial charge in [-0.15, -0.1) is 0 Å². The average molecular weight is 266 g/mol. The van der Waals surface area contributed by atoms with E-state index in [0.29, 0.717) is 31.2 Å². The van der Waals surface area contributed by atoms with Crippen molar-refractivity contribution in [3.05, 3.63) is 39.9 Å². The minimum atomic E-state index is -0.391. The number of ether oxygens (including phenoxy) is 1. The van der Waals surface area contributed by atoms with Crippen LogP contribution in [-0.2, 0) is 11.3 Å². The van der Waals surface area contributed by atoms with Gasteiger partial charge in [0.25, 0.3) is 5.69 Å². The van der Waals surface area contributed by atoms with Crippen molar-refractivity contribution in [3.63, 3.8) is 0 Å². The zero-order valence-electron chi connectivity index (χ0n) is 11.0. The molecule has 0 saturated heterocycles. The van der Waals surface area contributed by atoms with E-state index in [-0.39, 0.29) is 5.69 Å². The fourth-order valence-electron chi connectivity index (χ4n) is 1.51. The van der Waals surface area contributed by atoms with Gasteiger partial charge in [-0.3, -0.25) is 15.1 Å². The SMILES string of the molecule is CN=C(NCCOC)NCc1ccccc1[N+](=O)[O-]. The first kappa shape index (κ1) is 14.9. The van der Waals surface area contributed by atoms with Gasteiger partial charge >= 0.3 is 0 Å². The van der Waals surface area contributed by atoms with Gasteiger partial charge in [-0.1, -0.05) is 18.2 Å². The van der Waals surface area contributed by atoms with Crippen LogP contribution in [0.1, 0.15) is 5.56 Å². The summed E-state index contributed by atoms with van der Waals surface area (Å²) < 4.78 is 4.92. The Bertz CT molecular complexity index is 448. The van der Waals surface area contributed by atoms with Crippen LogP contribution in [0.4, 0.5) is 5.69 Å². The van der Waals surface area contributed by atoms with Gasteiger partial charge in [0.05, 0.1) is 11.5 Å². The summed E-state index contributed by atoms with van der Waals surface area (Å²) in [6.45, 7) is 1.52. The zero-order chi connectivity index (χ0) is 14.1. The van der Waals surface area contributed by atoms with Crippen LogP contribution in [0, 0.1) is 10.1 Å². The van der Waals surface area contributed by atoms with E-state index in [0.717, 1.165) is 0 Å². The monoisotopic (exact) mass is 266 g/mol. The molecular weight excluding hydrogens is 248 g/mol. The molecule has 19 heavy (non-hydrogen) atoms. The fraction of sp³-hybridized carbons (Fsp3) is 0.417. The number of para-hydroxylation sites is 1. The highest BCUT2D eigenvalue weighted by Crippen LogP contribution is 2.16. The van der Waals surface area contributed by atoms with Gasteiger partial charge in [0.1, 0.15) is 0 Å². The minimum Gasteiger partial charge on any atom is -0.383 e. The van der Waals surface area contributed by atoms with Gasteiger partial charge in [0, 0.05) is 38.9 Å². The van der Waals surface area contributed by atoms with Crippen molar-refractivity contribution in [3.8, 4) is 0 Å². The van der Waals surface area contributed by atoms with Crippen LogP contribution >= 0.6 is 0 Å². The molecular formula is C12H18N4O3. The molecule has 1 aromatic rings. The third kappa shape index (κ3) is 4.92. The first-order valence-electron chi connectivity index (χ1n) is 5.84. The maximum absolute atomic E-state index is 10.9. The third-order valence-electron chi connectivity index (χ3n) is 2.46. The van der Waals surface area contributed by atoms with E-state index in [1.54, 1.807) is 32.4 Å².